The van der Waals surface area contributed by atoms with E-state index in [1.807, 2.05) is 29.6 Å². The Labute approximate surface area is 148 Å². The topological polar surface area (TPSA) is 99.2 Å². The van der Waals surface area contributed by atoms with Crippen LogP contribution in [0.25, 0.3) is 22.0 Å². The minimum absolute atomic E-state index is 0.0614. The molecule has 3 aromatic rings. The van der Waals surface area contributed by atoms with Gasteiger partial charge >= 0.3 is 0 Å². The molecule has 0 aliphatic rings. The van der Waals surface area contributed by atoms with Crippen LogP contribution in [0, 0.1) is 0 Å². The maximum absolute atomic E-state index is 12.3. The molecular formula is C17H18N4O3S. The number of carbonyl (C=O) groups is 1. The van der Waals surface area contributed by atoms with Gasteiger partial charge in [-0.1, -0.05) is 12.1 Å². The van der Waals surface area contributed by atoms with Gasteiger partial charge in [0.1, 0.15) is 6.04 Å². The van der Waals surface area contributed by atoms with Crippen LogP contribution < -0.4 is 16.6 Å². The summed E-state index contributed by atoms with van der Waals surface area (Å²) in [5.74, 6) is -0.352. The lowest BCUT2D eigenvalue weighted by atomic mass is 10.1. The van der Waals surface area contributed by atoms with Crippen LogP contribution in [0.5, 0.6) is 0 Å². The molecule has 0 bridgehead atoms. The van der Waals surface area contributed by atoms with Crippen LogP contribution in [-0.2, 0) is 16.6 Å². The van der Waals surface area contributed by atoms with Gasteiger partial charge in [-0.05, 0) is 17.5 Å². The Morgan fingerprint density at radius 2 is 2.24 bits per heavy atom. The molecule has 1 amide bonds. The Morgan fingerprint density at radius 3 is 3.00 bits per heavy atom. The number of hydrogen-bond donors (Lipinski definition) is 2. The lowest BCUT2D eigenvalue weighted by Crippen LogP contribution is -2.39. The SMILES string of the molecule is COCC(N)C(=O)Nc1nc(-c2ccc3ccn(C)c(=O)c3c2)cs1. The molecule has 3 rings (SSSR count). The number of thiazole rings is 1. The highest BCUT2D eigenvalue weighted by Gasteiger charge is 2.15. The molecule has 1 aromatic carbocycles. The number of pyridine rings is 1. The number of rotatable bonds is 5. The van der Waals surface area contributed by atoms with Crippen LogP contribution in [0.3, 0.4) is 0 Å². The molecule has 2 heterocycles. The Morgan fingerprint density at radius 1 is 1.44 bits per heavy atom. The van der Waals surface area contributed by atoms with Crippen LogP contribution in [0.15, 0.2) is 40.6 Å². The lowest BCUT2D eigenvalue weighted by Gasteiger charge is -2.08. The van der Waals surface area contributed by atoms with Crippen molar-refractivity contribution in [1.29, 1.82) is 0 Å². The van der Waals surface area contributed by atoms with Crippen molar-refractivity contribution in [2.24, 2.45) is 12.8 Å². The second-order valence-electron chi connectivity index (χ2n) is 5.62. The van der Waals surface area contributed by atoms with Gasteiger partial charge in [0, 0.05) is 36.7 Å². The van der Waals surface area contributed by atoms with Crippen molar-refractivity contribution in [3.63, 3.8) is 0 Å². The molecule has 8 heteroatoms. The average molecular weight is 358 g/mol. The van der Waals surface area contributed by atoms with E-state index in [9.17, 15) is 9.59 Å². The Balaban J connectivity index is 1.87. The van der Waals surface area contributed by atoms with Crippen LogP contribution in [0.2, 0.25) is 0 Å². The molecule has 2 aromatic heterocycles. The zero-order valence-electron chi connectivity index (χ0n) is 13.9. The first kappa shape index (κ1) is 17.3. The maximum Gasteiger partial charge on any atom is 0.258 e. The lowest BCUT2D eigenvalue weighted by molar-refractivity contribution is -0.118. The number of nitrogens with two attached hydrogens (primary N) is 1. The third kappa shape index (κ3) is 3.60. The largest absolute Gasteiger partial charge is 0.383 e. The quantitative estimate of drug-likeness (QED) is 0.721. The van der Waals surface area contributed by atoms with Gasteiger partial charge in [-0.2, -0.15) is 0 Å². The number of nitrogens with zero attached hydrogens (tertiary/aromatic N) is 2. The molecule has 0 radical (unpaired) electrons. The highest BCUT2D eigenvalue weighted by molar-refractivity contribution is 7.14. The molecule has 7 nitrogen and oxygen atoms in total. The van der Waals surface area contributed by atoms with E-state index >= 15 is 0 Å². The molecule has 1 unspecified atom stereocenters. The second kappa shape index (κ2) is 7.14. The first-order valence-corrected chi connectivity index (χ1v) is 8.48. The van der Waals surface area contributed by atoms with Gasteiger partial charge < -0.3 is 20.4 Å². The Kier molecular flexibility index (Phi) is 4.93. The smallest absolute Gasteiger partial charge is 0.258 e. The number of amides is 1. The molecule has 1 atom stereocenters. The van der Waals surface area contributed by atoms with Gasteiger partial charge in [0.2, 0.25) is 5.91 Å². The molecule has 3 N–H and O–H groups in total. The fourth-order valence-electron chi connectivity index (χ4n) is 2.41. The zero-order valence-corrected chi connectivity index (χ0v) is 14.7. The van der Waals surface area contributed by atoms with E-state index in [2.05, 4.69) is 10.3 Å². The minimum Gasteiger partial charge on any atom is -0.383 e. The highest BCUT2D eigenvalue weighted by Crippen LogP contribution is 2.26. The molecule has 0 fully saturated rings. The van der Waals surface area contributed by atoms with Crippen molar-refractivity contribution in [3.05, 3.63) is 46.2 Å². The zero-order chi connectivity index (χ0) is 18.0. The fraction of sp³-hybridized carbons (Fsp3) is 0.235. The van der Waals surface area contributed by atoms with Crippen molar-refractivity contribution in [3.8, 4) is 11.3 Å². The average Bonchev–Trinajstić information content (AvgIpc) is 3.06. The van der Waals surface area contributed by atoms with Gasteiger partial charge in [0.05, 0.1) is 12.3 Å². The summed E-state index contributed by atoms with van der Waals surface area (Å²) in [6.07, 6.45) is 1.74. The first-order chi connectivity index (χ1) is 12.0. The number of aromatic nitrogens is 2. The van der Waals surface area contributed by atoms with Crippen LogP contribution in [0.1, 0.15) is 0 Å². The maximum atomic E-state index is 12.3. The number of anilines is 1. The number of benzene rings is 1. The summed E-state index contributed by atoms with van der Waals surface area (Å²) >= 11 is 1.30. The van der Waals surface area contributed by atoms with Gasteiger partial charge in [-0.25, -0.2) is 4.98 Å². The standard InChI is InChI=1S/C17H18N4O3S/c1-21-6-5-10-3-4-11(7-12(10)16(21)23)14-9-25-17(19-14)20-15(22)13(18)8-24-2/h3-7,9,13H,8,18H2,1-2H3,(H,19,20,22). The third-order valence-electron chi connectivity index (χ3n) is 3.79. The molecule has 0 spiro atoms. The number of methoxy groups -OCH3 is 1. The molecule has 0 saturated carbocycles. The Hall–Kier alpha value is -2.55. The molecule has 25 heavy (non-hydrogen) atoms. The number of carbonyl (C=O) groups excluding carboxylic acids is 1. The molecule has 130 valence electrons. The Bertz CT molecular complexity index is 979. The minimum atomic E-state index is -0.749. The summed E-state index contributed by atoms with van der Waals surface area (Å²) in [5.41, 5.74) is 7.13. The van der Waals surface area contributed by atoms with E-state index < -0.39 is 6.04 Å². The first-order valence-electron chi connectivity index (χ1n) is 7.60. The summed E-state index contributed by atoms with van der Waals surface area (Å²) in [4.78, 5) is 28.6. The summed E-state index contributed by atoms with van der Waals surface area (Å²) in [7, 11) is 3.20. The number of aryl methyl sites for hydroxylation is 1. The summed E-state index contributed by atoms with van der Waals surface area (Å²) < 4.78 is 6.40. The monoisotopic (exact) mass is 358 g/mol. The third-order valence-corrected chi connectivity index (χ3v) is 4.55. The van der Waals surface area contributed by atoms with Crippen LogP contribution in [-0.4, -0.2) is 35.2 Å². The number of fused-ring (bicyclic) bond motifs is 1. The van der Waals surface area contributed by atoms with Gasteiger partial charge in [0.25, 0.3) is 5.56 Å². The number of nitrogens with one attached hydrogen (secondary N) is 1. The van der Waals surface area contributed by atoms with Crippen molar-refractivity contribution >= 4 is 33.1 Å². The second-order valence-corrected chi connectivity index (χ2v) is 6.48. The molecule has 0 saturated heterocycles. The van der Waals surface area contributed by atoms with E-state index in [-0.39, 0.29) is 18.1 Å². The van der Waals surface area contributed by atoms with Crippen molar-refractivity contribution in [2.45, 2.75) is 6.04 Å². The molecular weight excluding hydrogens is 340 g/mol. The van der Waals surface area contributed by atoms with Gasteiger partial charge in [-0.3, -0.25) is 9.59 Å². The van der Waals surface area contributed by atoms with E-state index in [4.69, 9.17) is 10.5 Å². The fourth-order valence-corrected chi connectivity index (χ4v) is 3.14. The van der Waals surface area contributed by atoms with Crippen molar-refractivity contribution in [1.82, 2.24) is 9.55 Å². The van der Waals surface area contributed by atoms with E-state index in [1.54, 1.807) is 13.2 Å². The molecule has 0 aliphatic carbocycles. The van der Waals surface area contributed by atoms with Crippen molar-refractivity contribution in [2.75, 3.05) is 19.0 Å². The number of ether oxygens (including phenoxy) is 1. The normalized spacial score (nSPS) is 12.3. The summed E-state index contributed by atoms with van der Waals surface area (Å²) in [6.45, 7) is 0.137. The highest BCUT2D eigenvalue weighted by atomic mass is 32.1. The molecule has 0 aliphatic heterocycles. The number of hydrogen-bond acceptors (Lipinski definition) is 6. The van der Waals surface area contributed by atoms with Crippen LogP contribution >= 0.6 is 11.3 Å². The summed E-state index contributed by atoms with van der Waals surface area (Å²) in [6, 6.07) is 6.75. The van der Waals surface area contributed by atoms with Gasteiger partial charge in [0.15, 0.2) is 5.13 Å². The van der Waals surface area contributed by atoms with E-state index in [1.165, 1.54) is 23.0 Å². The predicted octanol–water partition coefficient (Wildman–Crippen LogP) is 1.57. The summed E-state index contributed by atoms with van der Waals surface area (Å²) in [5, 5.41) is 6.45. The van der Waals surface area contributed by atoms with Crippen molar-refractivity contribution < 1.29 is 9.53 Å². The van der Waals surface area contributed by atoms with E-state index in [0.29, 0.717) is 16.2 Å². The van der Waals surface area contributed by atoms with Gasteiger partial charge in [-0.15, -0.1) is 11.3 Å². The van der Waals surface area contributed by atoms with E-state index in [0.717, 1.165) is 10.9 Å². The van der Waals surface area contributed by atoms with Crippen LogP contribution in [0.4, 0.5) is 5.13 Å². The predicted molar refractivity (Wildman–Crippen MR) is 98.8 cm³/mol.